The van der Waals surface area contributed by atoms with Crippen LogP contribution in [0.4, 0.5) is 5.69 Å². The summed E-state index contributed by atoms with van der Waals surface area (Å²) in [5, 5.41) is 2.79. The summed E-state index contributed by atoms with van der Waals surface area (Å²) in [6.07, 6.45) is 0. The molecule has 0 radical (unpaired) electrons. The van der Waals surface area contributed by atoms with E-state index in [1.807, 2.05) is 31.2 Å². The summed E-state index contributed by atoms with van der Waals surface area (Å²) < 4.78 is 7.14. The molecule has 0 atom stereocenters. The summed E-state index contributed by atoms with van der Waals surface area (Å²) in [7, 11) is 0. The van der Waals surface area contributed by atoms with Crippen LogP contribution < -0.4 is 15.8 Å². The average molecular weight is 488 g/mol. The fourth-order valence-corrected chi connectivity index (χ4v) is 4.38. The minimum absolute atomic E-state index is 0.144. The number of nitrogens with two attached hydrogens (primary N) is 1. The number of hydrogen-bond acceptors (Lipinski definition) is 4. The average Bonchev–Trinajstić information content (AvgIpc) is 2.53. The minimum Gasteiger partial charge on any atom is -0.481 e. The number of carbonyl (C=O) groups excluding carboxylic acids is 2. The third-order valence-electron chi connectivity index (χ3n) is 3.02. The number of halogens is 2. The van der Waals surface area contributed by atoms with E-state index in [2.05, 4.69) is 37.2 Å². The van der Waals surface area contributed by atoms with E-state index in [1.165, 1.54) is 11.8 Å². The smallest absolute Gasteiger partial charge is 0.262 e. The van der Waals surface area contributed by atoms with Gasteiger partial charge in [-0.05, 0) is 68.6 Å². The molecule has 0 bridgehead atoms. The molecule has 0 saturated heterocycles. The van der Waals surface area contributed by atoms with Crippen molar-refractivity contribution in [2.45, 2.75) is 11.8 Å². The fraction of sp³-hybridized carbons (Fsp3) is 0.176. The van der Waals surface area contributed by atoms with Crippen molar-refractivity contribution in [3.05, 3.63) is 50.9 Å². The summed E-state index contributed by atoms with van der Waals surface area (Å²) in [5.74, 6) is -0.000656. The first-order valence-corrected chi connectivity index (χ1v) is 9.82. The third kappa shape index (κ3) is 6.05. The number of nitrogens with one attached hydrogen (secondary N) is 1. The molecule has 0 unspecified atom stereocenters. The Balaban J connectivity index is 2.00. The molecule has 0 aliphatic rings. The van der Waals surface area contributed by atoms with E-state index in [-0.39, 0.29) is 18.3 Å². The molecule has 8 heteroatoms. The van der Waals surface area contributed by atoms with E-state index in [0.29, 0.717) is 11.4 Å². The molecule has 0 aliphatic heterocycles. The maximum atomic E-state index is 12.2. The molecule has 2 amide bonds. The Morgan fingerprint density at radius 2 is 1.84 bits per heavy atom. The highest BCUT2D eigenvalue weighted by molar-refractivity contribution is 9.11. The van der Waals surface area contributed by atoms with Crippen molar-refractivity contribution in [2.75, 3.05) is 17.7 Å². The Bertz CT molecular complexity index is 776. The van der Waals surface area contributed by atoms with E-state index in [9.17, 15) is 9.59 Å². The molecular weight excluding hydrogens is 472 g/mol. The summed E-state index contributed by atoms with van der Waals surface area (Å²) in [5.41, 5.74) is 6.85. The highest BCUT2D eigenvalue weighted by atomic mass is 79.9. The summed E-state index contributed by atoms with van der Waals surface area (Å²) in [6, 6.07) is 11.0. The van der Waals surface area contributed by atoms with E-state index in [4.69, 9.17) is 10.5 Å². The normalized spacial score (nSPS) is 10.4. The molecule has 3 N–H and O–H groups in total. The van der Waals surface area contributed by atoms with Crippen molar-refractivity contribution in [3.63, 3.8) is 0 Å². The topological polar surface area (TPSA) is 81.4 Å². The number of ether oxygens (including phenoxy) is 1. The van der Waals surface area contributed by atoms with Crippen LogP contribution in [0.3, 0.4) is 0 Å². The van der Waals surface area contributed by atoms with Crippen LogP contribution in [0.25, 0.3) is 0 Å². The van der Waals surface area contributed by atoms with Crippen molar-refractivity contribution < 1.29 is 14.3 Å². The lowest BCUT2D eigenvalue weighted by Crippen LogP contribution is -2.21. The van der Waals surface area contributed by atoms with Gasteiger partial charge in [-0.3, -0.25) is 9.59 Å². The minimum atomic E-state index is -0.413. The van der Waals surface area contributed by atoms with E-state index < -0.39 is 5.91 Å². The monoisotopic (exact) mass is 486 g/mol. The second kappa shape index (κ2) is 9.26. The number of primary amides is 1. The van der Waals surface area contributed by atoms with E-state index in [0.717, 1.165) is 19.4 Å². The van der Waals surface area contributed by atoms with Gasteiger partial charge < -0.3 is 15.8 Å². The van der Waals surface area contributed by atoms with E-state index >= 15 is 0 Å². The van der Waals surface area contributed by atoms with Gasteiger partial charge in [0.1, 0.15) is 5.75 Å². The number of benzene rings is 2. The maximum Gasteiger partial charge on any atom is 0.262 e. The summed E-state index contributed by atoms with van der Waals surface area (Å²) in [4.78, 5) is 23.9. The number of thioether (sulfide) groups is 1. The van der Waals surface area contributed by atoms with Gasteiger partial charge in [-0.1, -0.05) is 12.1 Å². The Kier molecular flexibility index (Phi) is 7.34. The largest absolute Gasteiger partial charge is 0.481 e. The lowest BCUT2D eigenvalue weighted by molar-refractivity contribution is -0.118. The first-order valence-electron chi connectivity index (χ1n) is 7.25. The van der Waals surface area contributed by atoms with Gasteiger partial charge in [0, 0.05) is 4.90 Å². The second-order valence-corrected chi connectivity index (χ2v) is 7.87. The van der Waals surface area contributed by atoms with Crippen LogP contribution >= 0.6 is 43.6 Å². The molecule has 0 heterocycles. The van der Waals surface area contributed by atoms with Crippen molar-refractivity contribution in [2.24, 2.45) is 5.73 Å². The molecule has 2 aromatic carbocycles. The predicted octanol–water partition coefficient (Wildman–Crippen LogP) is 4.11. The van der Waals surface area contributed by atoms with Gasteiger partial charge in [0.2, 0.25) is 5.91 Å². The quantitative estimate of drug-likeness (QED) is 0.575. The Morgan fingerprint density at radius 3 is 2.48 bits per heavy atom. The SMILES string of the molecule is Cc1cc(Br)c(OCC(=O)Nc2ccccc2SCC(N)=O)c(Br)c1. The van der Waals surface area contributed by atoms with Crippen molar-refractivity contribution in [3.8, 4) is 5.75 Å². The number of para-hydroxylation sites is 1. The molecule has 2 rings (SSSR count). The third-order valence-corrected chi connectivity index (χ3v) is 5.30. The van der Waals surface area contributed by atoms with Gasteiger partial charge in [0.15, 0.2) is 6.61 Å². The Morgan fingerprint density at radius 1 is 1.20 bits per heavy atom. The number of amides is 2. The van der Waals surface area contributed by atoms with Gasteiger partial charge in [0.05, 0.1) is 20.4 Å². The molecule has 25 heavy (non-hydrogen) atoms. The van der Waals surface area contributed by atoms with Gasteiger partial charge in [-0.2, -0.15) is 0 Å². The molecule has 0 fully saturated rings. The van der Waals surface area contributed by atoms with E-state index in [1.54, 1.807) is 12.1 Å². The lowest BCUT2D eigenvalue weighted by Gasteiger charge is -2.13. The number of anilines is 1. The first-order chi connectivity index (χ1) is 11.9. The fourth-order valence-electron chi connectivity index (χ4n) is 1.99. The van der Waals surface area contributed by atoms with Crippen LogP contribution in [0.15, 0.2) is 50.2 Å². The Hall–Kier alpha value is -1.51. The van der Waals surface area contributed by atoms with Crippen molar-refractivity contribution in [1.82, 2.24) is 0 Å². The zero-order valence-electron chi connectivity index (χ0n) is 13.3. The molecule has 132 valence electrons. The predicted molar refractivity (Wildman–Crippen MR) is 107 cm³/mol. The van der Waals surface area contributed by atoms with Gasteiger partial charge in [-0.25, -0.2) is 0 Å². The number of rotatable bonds is 7. The van der Waals surface area contributed by atoms with Crippen LogP contribution in [-0.2, 0) is 9.59 Å². The highest BCUT2D eigenvalue weighted by Crippen LogP contribution is 2.34. The molecular formula is C17H16Br2N2O3S. The molecule has 0 saturated carbocycles. The zero-order chi connectivity index (χ0) is 18.4. The standard InChI is InChI=1S/C17H16Br2N2O3S/c1-10-6-11(18)17(12(19)7-10)24-8-16(23)21-13-4-2-3-5-14(13)25-9-15(20)22/h2-7H,8-9H2,1H3,(H2,20,22)(H,21,23). The second-order valence-electron chi connectivity index (χ2n) is 5.15. The lowest BCUT2D eigenvalue weighted by atomic mass is 10.2. The maximum absolute atomic E-state index is 12.2. The molecule has 5 nitrogen and oxygen atoms in total. The molecule has 0 spiro atoms. The summed E-state index contributed by atoms with van der Waals surface area (Å²) >= 11 is 8.13. The van der Waals surface area contributed by atoms with Crippen LogP contribution in [0.1, 0.15) is 5.56 Å². The van der Waals surface area contributed by atoms with Gasteiger partial charge in [0.25, 0.3) is 5.91 Å². The number of aryl methyl sites for hydroxylation is 1. The summed E-state index contributed by atoms with van der Waals surface area (Å²) in [6.45, 7) is 1.82. The first kappa shape index (κ1) is 19.8. The zero-order valence-corrected chi connectivity index (χ0v) is 17.3. The Labute approximate surface area is 166 Å². The van der Waals surface area contributed by atoms with Crippen LogP contribution in [0.5, 0.6) is 5.75 Å². The molecule has 2 aromatic rings. The highest BCUT2D eigenvalue weighted by Gasteiger charge is 2.12. The van der Waals surface area contributed by atoms with Crippen LogP contribution in [0, 0.1) is 6.92 Å². The van der Waals surface area contributed by atoms with Crippen molar-refractivity contribution >= 4 is 61.1 Å². The molecule has 0 aromatic heterocycles. The van der Waals surface area contributed by atoms with Crippen LogP contribution in [-0.4, -0.2) is 24.2 Å². The number of carbonyl (C=O) groups is 2. The number of hydrogen-bond donors (Lipinski definition) is 2. The van der Waals surface area contributed by atoms with Crippen molar-refractivity contribution in [1.29, 1.82) is 0 Å². The van der Waals surface area contributed by atoms with Gasteiger partial charge in [-0.15, -0.1) is 11.8 Å². The van der Waals surface area contributed by atoms with Crippen LogP contribution in [0.2, 0.25) is 0 Å². The van der Waals surface area contributed by atoms with Gasteiger partial charge >= 0.3 is 0 Å². The molecule has 0 aliphatic carbocycles.